The highest BCUT2D eigenvalue weighted by Gasteiger charge is 2.36. The molecule has 0 saturated carbocycles. The number of phosphoric ester groups is 1. The molecule has 3 aromatic heterocycles. The Morgan fingerprint density at radius 1 is 0.543 bits per heavy atom. The van der Waals surface area contributed by atoms with Gasteiger partial charge in [-0.05, 0) is 84.2 Å². The molecule has 6 rings (SSSR count). The molecule has 0 fully saturated rings. The van der Waals surface area contributed by atoms with Crippen LogP contribution in [0.2, 0.25) is 0 Å². The van der Waals surface area contributed by atoms with Crippen LogP contribution in [0.15, 0.2) is 86.6 Å². The minimum atomic E-state index is -4.29. The van der Waals surface area contributed by atoms with Gasteiger partial charge in [-0.2, -0.15) is 4.57 Å². The van der Waals surface area contributed by atoms with E-state index in [1.165, 1.54) is 0 Å². The Bertz CT molecular complexity index is 1570. The monoisotopic (exact) mass is 677 g/mol. The van der Waals surface area contributed by atoms with Crippen molar-refractivity contribution in [2.75, 3.05) is 0 Å². The third kappa shape index (κ3) is 4.08. The number of nitrogens with one attached hydrogen (secondary N) is 3. The van der Waals surface area contributed by atoms with Crippen LogP contribution in [-0.4, -0.2) is 15.0 Å². The second-order valence-electron chi connectivity index (χ2n) is 7.67. The Labute approximate surface area is 224 Å². The van der Waals surface area contributed by atoms with Gasteiger partial charge >= 0.3 is 7.82 Å². The smallest absolute Gasteiger partial charge is 0.385 e. The molecule has 0 radical (unpaired) electrons. The van der Waals surface area contributed by atoms with E-state index in [9.17, 15) is 4.57 Å². The minimum Gasteiger partial charge on any atom is -0.385 e. The molecule has 0 aliphatic rings. The van der Waals surface area contributed by atoms with Crippen molar-refractivity contribution in [1.82, 2.24) is 15.0 Å². The van der Waals surface area contributed by atoms with Crippen LogP contribution in [0.25, 0.3) is 32.7 Å². The number of H-pyrrole nitrogens is 3. The van der Waals surface area contributed by atoms with Gasteiger partial charge in [-0.25, -0.2) is 0 Å². The van der Waals surface area contributed by atoms with E-state index in [4.69, 9.17) is 13.6 Å². The average molecular weight is 680 g/mol. The zero-order chi connectivity index (χ0) is 24.2. The Morgan fingerprint density at radius 3 is 1.17 bits per heavy atom. The van der Waals surface area contributed by atoms with Crippen molar-refractivity contribution in [3.05, 3.63) is 86.6 Å². The summed E-state index contributed by atoms with van der Waals surface area (Å²) in [5.74, 6) is 1.04. The lowest BCUT2D eigenvalue weighted by Gasteiger charge is -2.21. The highest BCUT2D eigenvalue weighted by molar-refractivity contribution is 9.11. The largest absolute Gasteiger partial charge is 0.647 e. The normalized spacial score (nSPS) is 12.0. The predicted molar refractivity (Wildman–Crippen MR) is 147 cm³/mol. The molecule has 6 aromatic rings. The van der Waals surface area contributed by atoms with Gasteiger partial charge < -0.3 is 28.5 Å². The van der Waals surface area contributed by atoms with Crippen LogP contribution in [0.4, 0.5) is 0 Å². The lowest BCUT2D eigenvalue weighted by molar-refractivity contribution is 0.302. The third-order valence-electron chi connectivity index (χ3n) is 5.49. The summed E-state index contributed by atoms with van der Waals surface area (Å²) in [4.78, 5) is 9.45. The molecule has 176 valence electrons. The Kier molecular flexibility index (Phi) is 5.72. The molecule has 0 amide bonds. The van der Waals surface area contributed by atoms with Gasteiger partial charge in [0.15, 0.2) is 0 Å². The van der Waals surface area contributed by atoms with Crippen LogP contribution in [0.1, 0.15) is 0 Å². The number of hydrogen-bond acceptors (Lipinski definition) is 4. The molecule has 3 aromatic carbocycles. The standard InChI is InChI=1S/C24H15Br3N3O4P/c25-13-10-28-16-4-1-7-19(22(13)16)32-35(31,33-20-8-2-5-17-23(20)14(26)11-29-17)34-21-9-3-6-18-24(21)15(27)12-30-18/h1-12,28-30H. The van der Waals surface area contributed by atoms with E-state index in [1.807, 2.05) is 18.2 Å². The van der Waals surface area contributed by atoms with Crippen LogP contribution in [0, 0.1) is 0 Å². The second-order valence-corrected chi connectivity index (χ2v) is 11.7. The van der Waals surface area contributed by atoms with Crippen LogP contribution in [0.5, 0.6) is 17.2 Å². The number of hydrogen-bond donors (Lipinski definition) is 3. The highest BCUT2D eigenvalue weighted by atomic mass is 79.9. The molecule has 0 atom stereocenters. The van der Waals surface area contributed by atoms with E-state index in [0.29, 0.717) is 17.2 Å². The van der Waals surface area contributed by atoms with Crippen molar-refractivity contribution in [3.8, 4) is 17.2 Å². The molecule has 0 unspecified atom stereocenters. The number of benzene rings is 3. The molecule has 7 nitrogen and oxygen atoms in total. The zero-order valence-electron chi connectivity index (χ0n) is 17.6. The number of aromatic amines is 3. The molecule has 35 heavy (non-hydrogen) atoms. The van der Waals surface area contributed by atoms with Gasteiger partial charge in [0.05, 0.1) is 32.7 Å². The van der Waals surface area contributed by atoms with Crippen molar-refractivity contribution in [2.24, 2.45) is 0 Å². The van der Waals surface area contributed by atoms with Crippen LogP contribution < -0.4 is 13.6 Å². The molecule has 0 bridgehead atoms. The van der Waals surface area contributed by atoms with Crippen molar-refractivity contribution in [2.45, 2.75) is 0 Å². The predicted octanol–water partition coefficient (Wildman–Crippen LogP) is 9.06. The number of phosphoric acid groups is 1. The molecule has 0 aliphatic carbocycles. The first kappa shape index (κ1) is 22.8. The van der Waals surface area contributed by atoms with Gasteiger partial charge in [0, 0.05) is 32.0 Å². The summed E-state index contributed by atoms with van der Waals surface area (Å²) in [5.41, 5.74) is 2.44. The zero-order valence-corrected chi connectivity index (χ0v) is 23.3. The van der Waals surface area contributed by atoms with Crippen molar-refractivity contribution in [1.29, 1.82) is 0 Å². The molecular weight excluding hydrogens is 665 g/mol. The number of halogens is 3. The van der Waals surface area contributed by atoms with Gasteiger partial charge in [-0.15, -0.1) is 0 Å². The molecule has 0 saturated heterocycles. The van der Waals surface area contributed by atoms with Crippen LogP contribution in [0.3, 0.4) is 0 Å². The van der Waals surface area contributed by atoms with Crippen molar-refractivity contribution < 1.29 is 18.1 Å². The van der Waals surface area contributed by atoms with Crippen molar-refractivity contribution in [3.63, 3.8) is 0 Å². The molecule has 3 N–H and O–H groups in total. The fraction of sp³-hybridized carbons (Fsp3) is 0. The van der Waals surface area contributed by atoms with Gasteiger partial charge in [0.2, 0.25) is 0 Å². The summed E-state index contributed by atoms with van der Waals surface area (Å²) < 4.78 is 35.0. The maximum absolute atomic E-state index is 14.4. The average Bonchev–Trinajstić information content (AvgIpc) is 3.52. The summed E-state index contributed by atoms with van der Waals surface area (Å²) in [7, 11) is -4.29. The van der Waals surface area contributed by atoms with Crippen molar-refractivity contribution >= 4 is 88.3 Å². The highest BCUT2D eigenvalue weighted by Crippen LogP contribution is 2.54. The maximum atomic E-state index is 14.4. The van der Waals surface area contributed by atoms with E-state index in [2.05, 4.69) is 62.7 Å². The molecular formula is C24H15Br3N3O4P. The lowest BCUT2D eigenvalue weighted by atomic mass is 10.2. The summed E-state index contributed by atoms with van der Waals surface area (Å²) in [6.45, 7) is 0. The van der Waals surface area contributed by atoms with Crippen LogP contribution in [-0.2, 0) is 4.57 Å². The first-order valence-electron chi connectivity index (χ1n) is 10.4. The molecule has 0 aliphatic heterocycles. The summed E-state index contributed by atoms with van der Waals surface area (Å²) in [6, 6.07) is 16.3. The Balaban J connectivity index is 1.50. The quantitative estimate of drug-likeness (QED) is 0.153. The Morgan fingerprint density at radius 2 is 0.857 bits per heavy atom. The number of aromatic nitrogens is 3. The van der Waals surface area contributed by atoms with E-state index >= 15 is 0 Å². The maximum Gasteiger partial charge on any atom is 0.647 e. The summed E-state index contributed by atoms with van der Waals surface area (Å²) >= 11 is 10.6. The SMILES string of the molecule is O=P(Oc1cccc2[nH]cc(Br)c12)(Oc1cccc2[nH]cc(Br)c12)Oc1cccc2[nH]cc(Br)c12. The van der Waals surface area contributed by atoms with Gasteiger partial charge in [0.1, 0.15) is 17.2 Å². The van der Waals surface area contributed by atoms with E-state index in [-0.39, 0.29) is 0 Å². The lowest BCUT2D eigenvalue weighted by Crippen LogP contribution is -2.08. The number of fused-ring (bicyclic) bond motifs is 3. The fourth-order valence-electron chi connectivity index (χ4n) is 3.98. The first-order chi connectivity index (χ1) is 16.9. The second kappa shape index (κ2) is 8.78. The molecule has 11 heteroatoms. The molecule has 3 heterocycles. The summed E-state index contributed by atoms with van der Waals surface area (Å²) in [6.07, 6.45) is 5.37. The fourth-order valence-corrected chi connectivity index (χ4v) is 6.84. The molecule has 0 spiro atoms. The van der Waals surface area contributed by atoms with E-state index in [1.54, 1.807) is 55.0 Å². The first-order valence-corrected chi connectivity index (χ1v) is 14.2. The van der Waals surface area contributed by atoms with Gasteiger partial charge in [-0.1, -0.05) is 18.2 Å². The van der Waals surface area contributed by atoms with Gasteiger partial charge in [-0.3, -0.25) is 0 Å². The minimum absolute atomic E-state index is 0.347. The third-order valence-corrected chi connectivity index (χ3v) is 8.63. The van der Waals surface area contributed by atoms with E-state index < -0.39 is 7.82 Å². The number of rotatable bonds is 6. The Hall–Kier alpha value is -2.65. The van der Waals surface area contributed by atoms with Gasteiger partial charge in [0.25, 0.3) is 0 Å². The van der Waals surface area contributed by atoms with Crippen LogP contribution >= 0.6 is 55.6 Å². The summed E-state index contributed by atoms with van der Waals surface area (Å²) in [5, 5.41) is 2.17. The van der Waals surface area contributed by atoms with E-state index in [0.717, 1.165) is 46.1 Å². The topological polar surface area (TPSA) is 92.1 Å².